The van der Waals surface area contributed by atoms with Gasteiger partial charge in [0.2, 0.25) is 5.71 Å². The quantitative estimate of drug-likeness (QED) is 0.637. The van der Waals surface area contributed by atoms with Gasteiger partial charge in [-0.2, -0.15) is 0 Å². The van der Waals surface area contributed by atoms with E-state index in [9.17, 15) is 4.79 Å². The molecule has 15 heavy (non-hydrogen) atoms. The summed E-state index contributed by atoms with van der Waals surface area (Å²) in [4.78, 5) is 16.6. The van der Waals surface area contributed by atoms with Crippen LogP contribution in [0.1, 0.15) is 25.6 Å². The Morgan fingerprint density at radius 3 is 2.60 bits per heavy atom. The average molecular weight is 227 g/mol. The Morgan fingerprint density at radius 2 is 2.20 bits per heavy atom. The number of rotatable bonds is 3. The van der Waals surface area contributed by atoms with E-state index in [0.717, 1.165) is 0 Å². The molecule has 0 aromatic carbocycles. The van der Waals surface area contributed by atoms with Gasteiger partial charge < -0.3 is 9.94 Å². The number of hydrogen-bond acceptors (Lipinski definition) is 4. The van der Waals surface area contributed by atoms with Crippen molar-refractivity contribution in [1.82, 2.24) is 0 Å². The summed E-state index contributed by atoms with van der Waals surface area (Å²) in [6.45, 7) is 5.43. The smallest absolute Gasteiger partial charge is 0.359 e. The first-order chi connectivity index (χ1) is 6.90. The van der Waals surface area contributed by atoms with Crippen LogP contribution in [0.2, 0.25) is 0 Å². The molecule has 1 rings (SSSR count). The molecule has 1 aromatic heterocycles. The highest BCUT2D eigenvalue weighted by Crippen LogP contribution is 2.13. The molecule has 0 spiro atoms. The van der Waals surface area contributed by atoms with E-state index in [0.29, 0.717) is 4.88 Å². The fourth-order valence-electron chi connectivity index (χ4n) is 0.785. The van der Waals surface area contributed by atoms with E-state index in [-0.39, 0.29) is 5.71 Å². The maximum Gasteiger partial charge on any atom is 0.359 e. The van der Waals surface area contributed by atoms with Gasteiger partial charge in [-0.05, 0) is 32.2 Å². The van der Waals surface area contributed by atoms with E-state index in [1.807, 2.05) is 20.8 Å². The van der Waals surface area contributed by atoms with Gasteiger partial charge in [-0.1, -0.05) is 11.2 Å². The number of carboxylic acid groups (broad SMARTS) is 1. The number of carboxylic acids is 1. The molecule has 0 aliphatic heterocycles. The Balaban J connectivity index is 2.90. The molecule has 1 N–H and O–H groups in total. The number of carbonyl (C=O) groups is 1. The summed E-state index contributed by atoms with van der Waals surface area (Å²) < 4.78 is 0. The Kier molecular flexibility index (Phi) is 3.47. The molecule has 0 unspecified atom stereocenters. The van der Waals surface area contributed by atoms with Crippen molar-refractivity contribution in [3.63, 3.8) is 0 Å². The lowest BCUT2D eigenvalue weighted by atomic mass is 10.2. The zero-order valence-electron chi connectivity index (χ0n) is 8.85. The van der Waals surface area contributed by atoms with Gasteiger partial charge in [0.05, 0.1) is 4.88 Å². The summed E-state index contributed by atoms with van der Waals surface area (Å²) in [5.74, 6) is -1.08. The molecule has 0 saturated carbocycles. The first kappa shape index (κ1) is 11.7. The minimum absolute atomic E-state index is 0.0556. The van der Waals surface area contributed by atoms with E-state index < -0.39 is 11.6 Å². The van der Waals surface area contributed by atoms with E-state index in [1.165, 1.54) is 11.3 Å². The third-order valence-corrected chi connectivity index (χ3v) is 2.24. The highest BCUT2D eigenvalue weighted by atomic mass is 32.1. The molecule has 82 valence electrons. The summed E-state index contributed by atoms with van der Waals surface area (Å²) in [5, 5.41) is 14.4. The lowest BCUT2D eigenvalue weighted by molar-refractivity contribution is -0.129. The summed E-state index contributed by atoms with van der Waals surface area (Å²) in [5.41, 5.74) is -0.544. The Bertz CT molecular complexity index is 363. The second-order valence-corrected chi connectivity index (χ2v) is 4.87. The van der Waals surface area contributed by atoms with Crippen LogP contribution in [-0.4, -0.2) is 22.4 Å². The zero-order chi connectivity index (χ0) is 11.5. The van der Waals surface area contributed by atoms with Crippen molar-refractivity contribution in [2.75, 3.05) is 0 Å². The molecule has 0 atom stereocenters. The SMILES string of the molecule is CC(C)(C)O/N=C(\C(=O)O)c1cccs1. The minimum atomic E-state index is -1.08. The number of oxime groups is 1. The lowest BCUT2D eigenvalue weighted by Gasteiger charge is -2.15. The van der Waals surface area contributed by atoms with Crippen LogP contribution >= 0.6 is 11.3 Å². The van der Waals surface area contributed by atoms with Crippen molar-refractivity contribution < 1.29 is 14.7 Å². The van der Waals surface area contributed by atoms with Crippen molar-refractivity contribution in [3.8, 4) is 0 Å². The second kappa shape index (κ2) is 4.44. The number of thiophene rings is 1. The number of aliphatic carboxylic acids is 1. The van der Waals surface area contributed by atoms with E-state index >= 15 is 0 Å². The molecule has 1 heterocycles. The van der Waals surface area contributed by atoms with Gasteiger partial charge >= 0.3 is 5.97 Å². The largest absolute Gasteiger partial charge is 0.476 e. The van der Waals surface area contributed by atoms with Gasteiger partial charge in [-0.3, -0.25) is 0 Å². The van der Waals surface area contributed by atoms with Crippen LogP contribution in [0.3, 0.4) is 0 Å². The molecule has 0 saturated heterocycles. The van der Waals surface area contributed by atoms with Gasteiger partial charge in [0.15, 0.2) is 0 Å². The average Bonchev–Trinajstić information content (AvgIpc) is 2.54. The first-order valence-electron chi connectivity index (χ1n) is 4.43. The van der Waals surface area contributed by atoms with E-state index in [2.05, 4.69) is 5.16 Å². The third-order valence-electron chi connectivity index (χ3n) is 1.37. The summed E-state index contributed by atoms with van der Waals surface area (Å²) in [7, 11) is 0. The predicted molar refractivity (Wildman–Crippen MR) is 59.3 cm³/mol. The normalized spacial score (nSPS) is 12.6. The van der Waals surface area contributed by atoms with Crippen molar-refractivity contribution >= 4 is 23.0 Å². The van der Waals surface area contributed by atoms with Crippen LogP contribution in [0.5, 0.6) is 0 Å². The molecule has 0 bridgehead atoms. The molecular formula is C10H13NO3S. The van der Waals surface area contributed by atoms with Gasteiger partial charge in [-0.25, -0.2) is 4.79 Å². The standard InChI is InChI=1S/C10H13NO3S/c1-10(2,3)14-11-8(9(12)13)7-5-4-6-15-7/h4-6H,1-3H3,(H,12,13)/b11-8-. The lowest BCUT2D eigenvalue weighted by Crippen LogP contribution is -2.20. The van der Waals surface area contributed by atoms with Gasteiger partial charge in [0.1, 0.15) is 5.60 Å². The Hall–Kier alpha value is -1.36. The second-order valence-electron chi connectivity index (χ2n) is 3.93. The van der Waals surface area contributed by atoms with Crippen LogP contribution in [-0.2, 0) is 9.63 Å². The molecule has 0 radical (unpaired) electrons. The van der Waals surface area contributed by atoms with Crippen LogP contribution in [0.4, 0.5) is 0 Å². The summed E-state index contributed by atoms with van der Waals surface area (Å²) >= 11 is 1.32. The van der Waals surface area contributed by atoms with Crippen molar-refractivity contribution in [1.29, 1.82) is 0 Å². The number of nitrogens with zero attached hydrogens (tertiary/aromatic N) is 1. The van der Waals surface area contributed by atoms with Crippen LogP contribution in [0.25, 0.3) is 0 Å². The van der Waals surface area contributed by atoms with Crippen LogP contribution in [0, 0.1) is 0 Å². The molecule has 0 fully saturated rings. The maximum absolute atomic E-state index is 10.9. The van der Waals surface area contributed by atoms with Gasteiger partial charge in [0, 0.05) is 0 Å². The highest BCUT2D eigenvalue weighted by molar-refractivity contribution is 7.13. The van der Waals surface area contributed by atoms with Gasteiger partial charge in [0.25, 0.3) is 0 Å². The molecule has 0 amide bonds. The molecule has 4 nitrogen and oxygen atoms in total. The minimum Gasteiger partial charge on any atom is -0.476 e. The van der Waals surface area contributed by atoms with Crippen molar-refractivity contribution in [2.45, 2.75) is 26.4 Å². The van der Waals surface area contributed by atoms with E-state index in [1.54, 1.807) is 17.5 Å². The fraction of sp³-hybridized carbons (Fsp3) is 0.400. The first-order valence-corrected chi connectivity index (χ1v) is 5.31. The van der Waals surface area contributed by atoms with E-state index in [4.69, 9.17) is 9.94 Å². The molecular weight excluding hydrogens is 214 g/mol. The topological polar surface area (TPSA) is 58.9 Å². The Morgan fingerprint density at radius 1 is 1.53 bits per heavy atom. The third kappa shape index (κ3) is 3.71. The highest BCUT2D eigenvalue weighted by Gasteiger charge is 2.17. The summed E-state index contributed by atoms with van der Waals surface area (Å²) in [6, 6.07) is 3.47. The van der Waals surface area contributed by atoms with Crippen molar-refractivity contribution in [2.24, 2.45) is 5.16 Å². The molecule has 5 heteroatoms. The summed E-state index contributed by atoms with van der Waals surface area (Å²) in [6.07, 6.45) is 0. The fourth-order valence-corrected chi connectivity index (χ4v) is 1.48. The maximum atomic E-state index is 10.9. The monoisotopic (exact) mass is 227 g/mol. The number of hydrogen-bond donors (Lipinski definition) is 1. The van der Waals surface area contributed by atoms with Gasteiger partial charge in [-0.15, -0.1) is 11.3 Å². The Labute approximate surface area is 92.2 Å². The predicted octanol–water partition coefficient (Wildman–Crippen LogP) is 2.35. The molecule has 1 aromatic rings. The van der Waals surface area contributed by atoms with Crippen molar-refractivity contribution in [3.05, 3.63) is 22.4 Å². The molecule has 0 aliphatic rings. The van der Waals surface area contributed by atoms with Crippen LogP contribution < -0.4 is 0 Å². The zero-order valence-corrected chi connectivity index (χ0v) is 9.67. The van der Waals surface area contributed by atoms with Crippen LogP contribution in [0.15, 0.2) is 22.7 Å². The molecule has 0 aliphatic carbocycles.